The van der Waals surface area contributed by atoms with E-state index in [1.54, 1.807) is 6.07 Å². The molecule has 0 saturated carbocycles. The number of urea groups is 1. The van der Waals surface area contributed by atoms with Crippen LogP contribution in [0, 0.1) is 11.3 Å². The third-order valence-electron chi connectivity index (χ3n) is 3.33. The number of nitrogens with zero attached hydrogens (tertiary/aromatic N) is 1. The molecule has 0 aromatic heterocycles. The predicted molar refractivity (Wildman–Crippen MR) is 69.2 cm³/mol. The molecule has 1 atom stereocenters. The Hall–Kier alpha value is -2.70. The molecule has 0 bridgehead atoms. The van der Waals surface area contributed by atoms with Crippen molar-refractivity contribution in [2.75, 3.05) is 0 Å². The summed E-state index contributed by atoms with van der Waals surface area (Å²) in [6.07, 6.45) is -10.0. The SMILES string of the molecule is CC1=C(C#N)C(c2cc(C(F)(F)F)cc(C(F)(F)F)c2)NC(=O)N1. The van der Waals surface area contributed by atoms with Crippen LogP contribution >= 0.6 is 0 Å². The van der Waals surface area contributed by atoms with E-state index < -0.39 is 41.1 Å². The Morgan fingerprint density at radius 1 is 1.04 bits per heavy atom. The van der Waals surface area contributed by atoms with Crippen molar-refractivity contribution in [1.82, 2.24) is 10.6 Å². The first kappa shape index (κ1) is 17.7. The zero-order chi connectivity index (χ0) is 18.3. The number of benzene rings is 1. The highest BCUT2D eigenvalue weighted by molar-refractivity contribution is 5.79. The van der Waals surface area contributed by atoms with Crippen LogP contribution < -0.4 is 10.6 Å². The lowest BCUT2D eigenvalue weighted by atomic mass is 9.93. The number of nitrogens with one attached hydrogen (secondary N) is 2. The molecule has 2 rings (SSSR count). The number of nitriles is 1. The van der Waals surface area contributed by atoms with E-state index in [9.17, 15) is 31.1 Å². The van der Waals surface area contributed by atoms with Crippen LogP contribution in [-0.4, -0.2) is 6.03 Å². The molecular formula is C14H9F6N3O. The van der Waals surface area contributed by atoms with Gasteiger partial charge in [-0.05, 0) is 30.7 Å². The second-order valence-corrected chi connectivity index (χ2v) is 5.02. The van der Waals surface area contributed by atoms with Crippen molar-refractivity contribution in [1.29, 1.82) is 5.26 Å². The van der Waals surface area contributed by atoms with Crippen LogP contribution in [0.3, 0.4) is 0 Å². The molecule has 1 unspecified atom stereocenters. The van der Waals surface area contributed by atoms with Gasteiger partial charge in [0, 0.05) is 5.70 Å². The average Bonchev–Trinajstić information content (AvgIpc) is 2.44. The summed E-state index contributed by atoms with van der Waals surface area (Å²) in [7, 11) is 0. The minimum absolute atomic E-state index is 0.0188. The van der Waals surface area contributed by atoms with Gasteiger partial charge in [0.15, 0.2) is 0 Å². The van der Waals surface area contributed by atoms with Crippen LogP contribution in [-0.2, 0) is 12.4 Å². The summed E-state index contributed by atoms with van der Waals surface area (Å²) in [5, 5.41) is 13.5. The van der Waals surface area contributed by atoms with Crippen molar-refractivity contribution >= 4 is 6.03 Å². The first-order chi connectivity index (χ1) is 10.9. The zero-order valence-electron chi connectivity index (χ0n) is 11.9. The maximum atomic E-state index is 12.9. The number of hydrogen-bond acceptors (Lipinski definition) is 2. The van der Waals surface area contributed by atoms with Crippen LogP contribution in [0.4, 0.5) is 31.1 Å². The van der Waals surface area contributed by atoms with Crippen LogP contribution in [0.2, 0.25) is 0 Å². The lowest BCUT2D eigenvalue weighted by Crippen LogP contribution is -2.43. The van der Waals surface area contributed by atoms with E-state index in [1.807, 2.05) is 0 Å². The molecule has 0 fully saturated rings. The third-order valence-corrected chi connectivity index (χ3v) is 3.33. The van der Waals surface area contributed by atoms with Crippen molar-refractivity contribution in [3.63, 3.8) is 0 Å². The first-order valence-corrected chi connectivity index (χ1v) is 6.41. The van der Waals surface area contributed by atoms with Crippen molar-refractivity contribution in [2.24, 2.45) is 0 Å². The first-order valence-electron chi connectivity index (χ1n) is 6.41. The fraction of sp³-hybridized carbons (Fsp3) is 0.286. The fourth-order valence-electron chi connectivity index (χ4n) is 2.24. The van der Waals surface area contributed by atoms with Crippen LogP contribution in [0.15, 0.2) is 29.5 Å². The molecule has 4 nitrogen and oxygen atoms in total. The van der Waals surface area contributed by atoms with Crippen molar-refractivity contribution < 1.29 is 31.1 Å². The van der Waals surface area contributed by atoms with Crippen LogP contribution in [0.1, 0.15) is 29.7 Å². The number of carbonyl (C=O) groups is 1. The highest BCUT2D eigenvalue weighted by Gasteiger charge is 2.38. The lowest BCUT2D eigenvalue weighted by Gasteiger charge is -2.27. The van der Waals surface area contributed by atoms with Crippen LogP contribution in [0.25, 0.3) is 0 Å². The molecule has 10 heteroatoms. The largest absolute Gasteiger partial charge is 0.416 e. The number of carbonyl (C=O) groups excluding carboxylic acids is 1. The minimum atomic E-state index is -5.02. The van der Waals surface area contributed by atoms with Gasteiger partial charge in [-0.3, -0.25) is 0 Å². The number of alkyl halides is 6. The monoisotopic (exact) mass is 349 g/mol. The van der Waals surface area contributed by atoms with Gasteiger partial charge >= 0.3 is 18.4 Å². The van der Waals surface area contributed by atoms with E-state index in [0.29, 0.717) is 12.1 Å². The van der Waals surface area contributed by atoms with Gasteiger partial charge in [0.25, 0.3) is 0 Å². The molecule has 0 radical (unpaired) electrons. The highest BCUT2D eigenvalue weighted by atomic mass is 19.4. The molecule has 0 aliphatic carbocycles. The van der Waals surface area contributed by atoms with Gasteiger partial charge in [-0.1, -0.05) is 0 Å². The van der Waals surface area contributed by atoms with Gasteiger partial charge in [-0.15, -0.1) is 0 Å². The topological polar surface area (TPSA) is 64.9 Å². The van der Waals surface area contributed by atoms with Crippen molar-refractivity contribution in [2.45, 2.75) is 25.3 Å². The van der Waals surface area contributed by atoms with E-state index >= 15 is 0 Å². The Kier molecular flexibility index (Phi) is 4.22. The highest BCUT2D eigenvalue weighted by Crippen LogP contribution is 2.38. The maximum absolute atomic E-state index is 12.9. The smallest absolute Gasteiger partial charge is 0.326 e. The second kappa shape index (κ2) is 5.74. The van der Waals surface area contributed by atoms with Crippen molar-refractivity contribution in [3.8, 4) is 6.07 Å². The molecule has 2 N–H and O–H groups in total. The normalized spacial score (nSPS) is 18.8. The summed E-state index contributed by atoms with van der Waals surface area (Å²) < 4.78 is 77.3. The Labute approximate surface area is 131 Å². The molecule has 128 valence electrons. The molecule has 0 saturated heterocycles. The standard InChI is InChI=1S/C14H9F6N3O/c1-6-10(5-21)11(23-12(24)22-6)7-2-8(13(15,16)17)4-9(3-7)14(18,19)20/h2-4,11H,1H3,(H2,22,23,24). The van der Waals surface area contributed by atoms with E-state index in [4.69, 9.17) is 5.26 Å². The van der Waals surface area contributed by atoms with E-state index in [0.717, 1.165) is 0 Å². The molecule has 0 spiro atoms. The van der Waals surface area contributed by atoms with Gasteiger partial charge in [-0.25, -0.2) is 4.79 Å². The molecule has 1 aliphatic rings. The number of halogens is 6. The third kappa shape index (κ3) is 3.45. The van der Waals surface area contributed by atoms with E-state index in [2.05, 4.69) is 10.6 Å². The number of amides is 2. The lowest BCUT2D eigenvalue weighted by molar-refractivity contribution is -0.143. The molecule has 1 aliphatic heterocycles. The molecular weight excluding hydrogens is 340 g/mol. The molecule has 1 aromatic rings. The summed E-state index contributed by atoms with van der Waals surface area (Å²) in [4.78, 5) is 11.5. The second-order valence-electron chi connectivity index (χ2n) is 5.02. The Morgan fingerprint density at radius 2 is 1.54 bits per heavy atom. The molecule has 1 heterocycles. The molecule has 1 aromatic carbocycles. The predicted octanol–water partition coefficient (Wildman–Crippen LogP) is 3.88. The zero-order valence-corrected chi connectivity index (χ0v) is 11.9. The average molecular weight is 349 g/mol. The minimum Gasteiger partial charge on any atom is -0.326 e. The fourth-order valence-corrected chi connectivity index (χ4v) is 2.24. The number of hydrogen-bond donors (Lipinski definition) is 2. The summed E-state index contributed by atoms with van der Waals surface area (Å²) in [6.45, 7) is 1.32. The maximum Gasteiger partial charge on any atom is 0.416 e. The molecule has 24 heavy (non-hydrogen) atoms. The number of allylic oxidation sites excluding steroid dienone is 1. The van der Waals surface area contributed by atoms with Gasteiger partial charge in [0.05, 0.1) is 28.8 Å². The number of rotatable bonds is 1. The van der Waals surface area contributed by atoms with Gasteiger partial charge in [-0.2, -0.15) is 31.6 Å². The van der Waals surface area contributed by atoms with Crippen LogP contribution in [0.5, 0.6) is 0 Å². The van der Waals surface area contributed by atoms with E-state index in [1.165, 1.54) is 6.92 Å². The van der Waals surface area contributed by atoms with Gasteiger partial charge in [0.1, 0.15) is 0 Å². The van der Waals surface area contributed by atoms with E-state index in [-0.39, 0.29) is 17.3 Å². The quantitative estimate of drug-likeness (QED) is 0.756. The summed E-state index contributed by atoms with van der Waals surface area (Å²) in [6, 6.07) is 0.384. The Morgan fingerprint density at radius 3 is 1.96 bits per heavy atom. The van der Waals surface area contributed by atoms with Gasteiger partial charge < -0.3 is 10.6 Å². The molecule has 2 amide bonds. The Bertz CT molecular complexity index is 725. The van der Waals surface area contributed by atoms with Crippen molar-refractivity contribution in [3.05, 3.63) is 46.2 Å². The summed E-state index contributed by atoms with van der Waals surface area (Å²) in [5.74, 6) is 0. The van der Waals surface area contributed by atoms with Gasteiger partial charge in [0.2, 0.25) is 0 Å². The summed E-state index contributed by atoms with van der Waals surface area (Å²) >= 11 is 0. The summed E-state index contributed by atoms with van der Waals surface area (Å²) in [5.41, 5.74) is -3.65. The Balaban J connectivity index is 2.67.